The monoisotopic (exact) mass is 368 g/mol. The van der Waals surface area contributed by atoms with Gasteiger partial charge in [0.15, 0.2) is 0 Å². The van der Waals surface area contributed by atoms with Gasteiger partial charge in [0, 0.05) is 56.8 Å². The van der Waals surface area contributed by atoms with Crippen molar-refractivity contribution in [2.75, 3.05) is 18.0 Å². The highest BCUT2D eigenvalue weighted by Gasteiger charge is 2.26. The van der Waals surface area contributed by atoms with Crippen LogP contribution in [0.4, 0.5) is 5.13 Å². The van der Waals surface area contributed by atoms with Crippen LogP contribution in [0.1, 0.15) is 48.5 Å². The molecule has 0 saturated carbocycles. The average molecular weight is 369 g/mol. The van der Waals surface area contributed by atoms with Crippen molar-refractivity contribution in [2.24, 2.45) is 0 Å². The van der Waals surface area contributed by atoms with Gasteiger partial charge in [-0.15, -0.1) is 10.2 Å². The first kappa shape index (κ1) is 17.1. The number of nitrogens with zero attached hydrogens (tertiary/aromatic N) is 6. The number of aryl methyl sites for hydroxylation is 1. The van der Waals surface area contributed by atoms with Gasteiger partial charge in [0.2, 0.25) is 5.13 Å². The van der Waals surface area contributed by atoms with Gasteiger partial charge >= 0.3 is 0 Å². The molecule has 3 aromatic rings. The minimum absolute atomic E-state index is 0.430. The quantitative estimate of drug-likeness (QED) is 0.666. The molecular formula is C19H24N6S. The molecule has 4 heterocycles. The predicted octanol–water partition coefficient (Wildman–Crippen LogP) is 3.51. The second kappa shape index (κ2) is 7.95. The van der Waals surface area contributed by atoms with Gasteiger partial charge < -0.3 is 9.47 Å². The number of anilines is 1. The van der Waals surface area contributed by atoms with Gasteiger partial charge in [-0.3, -0.25) is 4.98 Å². The van der Waals surface area contributed by atoms with E-state index in [0.29, 0.717) is 5.92 Å². The van der Waals surface area contributed by atoms with Gasteiger partial charge in [0.05, 0.1) is 0 Å². The number of hydrogen-bond donors (Lipinski definition) is 0. The zero-order chi connectivity index (χ0) is 17.8. The van der Waals surface area contributed by atoms with Gasteiger partial charge in [0.25, 0.3) is 0 Å². The molecule has 0 N–H and O–H groups in total. The molecule has 0 bridgehead atoms. The lowest BCUT2D eigenvalue weighted by Gasteiger charge is -2.32. The topological polar surface area (TPSA) is 59.7 Å². The van der Waals surface area contributed by atoms with Crippen LogP contribution < -0.4 is 4.90 Å². The molecule has 0 aliphatic carbocycles. The second-order valence-corrected chi connectivity index (χ2v) is 7.82. The molecule has 26 heavy (non-hydrogen) atoms. The Bertz CT molecular complexity index is 827. The number of rotatable bonds is 6. The third-order valence-corrected chi connectivity index (χ3v) is 5.87. The Balaban J connectivity index is 1.49. The smallest absolute Gasteiger partial charge is 0.208 e. The summed E-state index contributed by atoms with van der Waals surface area (Å²) in [5.74, 6) is 1.60. The lowest BCUT2D eigenvalue weighted by atomic mass is 9.97. The maximum atomic E-state index is 4.69. The summed E-state index contributed by atoms with van der Waals surface area (Å²) in [5.41, 5.74) is 1.25. The van der Waals surface area contributed by atoms with Crippen LogP contribution in [0.15, 0.2) is 36.9 Å². The van der Waals surface area contributed by atoms with Crippen LogP contribution in [-0.2, 0) is 13.0 Å². The molecule has 0 spiro atoms. The van der Waals surface area contributed by atoms with Crippen molar-refractivity contribution in [1.29, 1.82) is 0 Å². The summed E-state index contributed by atoms with van der Waals surface area (Å²) in [6.07, 6.45) is 12.2. The van der Waals surface area contributed by atoms with Crippen molar-refractivity contribution in [1.82, 2.24) is 24.7 Å². The maximum absolute atomic E-state index is 4.69. The molecule has 0 unspecified atom stereocenters. The van der Waals surface area contributed by atoms with Crippen LogP contribution in [0.5, 0.6) is 0 Å². The Morgan fingerprint density at radius 3 is 2.92 bits per heavy atom. The van der Waals surface area contributed by atoms with E-state index in [4.69, 9.17) is 0 Å². The fraction of sp³-hybridized carbons (Fsp3) is 0.474. The molecule has 6 nitrogen and oxygen atoms in total. The molecular weight excluding hydrogens is 344 g/mol. The van der Waals surface area contributed by atoms with Crippen molar-refractivity contribution in [2.45, 2.75) is 45.1 Å². The first-order chi connectivity index (χ1) is 12.8. The molecule has 1 fully saturated rings. The summed E-state index contributed by atoms with van der Waals surface area (Å²) in [4.78, 5) is 11.2. The second-order valence-electron chi connectivity index (χ2n) is 6.78. The van der Waals surface area contributed by atoms with Gasteiger partial charge in [0.1, 0.15) is 10.8 Å². The Kier molecular flexibility index (Phi) is 5.24. The average Bonchev–Trinajstić information content (AvgIpc) is 3.33. The van der Waals surface area contributed by atoms with Crippen molar-refractivity contribution >= 4 is 16.5 Å². The summed E-state index contributed by atoms with van der Waals surface area (Å²) >= 11 is 1.74. The van der Waals surface area contributed by atoms with Crippen LogP contribution in [-0.4, -0.2) is 37.8 Å². The number of pyridine rings is 1. The Labute approximate surface area is 157 Å². The molecule has 7 heteroatoms. The first-order valence-electron chi connectivity index (χ1n) is 9.30. The van der Waals surface area contributed by atoms with Crippen molar-refractivity contribution in [3.63, 3.8) is 0 Å². The third-order valence-electron chi connectivity index (χ3n) is 4.83. The van der Waals surface area contributed by atoms with Crippen LogP contribution in [0.3, 0.4) is 0 Å². The van der Waals surface area contributed by atoms with E-state index in [0.717, 1.165) is 49.0 Å². The first-order valence-corrected chi connectivity index (χ1v) is 10.1. The minimum Gasteiger partial charge on any atom is -0.346 e. The highest BCUT2D eigenvalue weighted by molar-refractivity contribution is 7.15. The third kappa shape index (κ3) is 3.77. The molecule has 0 radical (unpaired) electrons. The summed E-state index contributed by atoms with van der Waals surface area (Å²) in [6.45, 7) is 5.05. The van der Waals surface area contributed by atoms with Crippen molar-refractivity contribution < 1.29 is 0 Å². The zero-order valence-corrected chi connectivity index (χ0v) is 15.9. The van der Waals surface area contributed by atoms with Crippen molar-refractivity contribution in [3.05, 3.63) is 53.3 Å². The minimum atomic E-state index is 0.430. The normalized spacial score (nSPS) is 17.6. The molecule has 1 saturated heterocycles. The van der Waals surface area contributed by atoms with Crippen molar-refractivity contribution in [3.8, 4) is 0 Å². The Hall–Kier alpha value is -2.28. The summed E-state index contributed by atoms with van der Waals surface area (Å²) in [7, 11) is 0. The molecule has 1 atom stereocenters. The molecule has 0 amide bonds. The molecule has 1 aliphatic rings. The van der Waals surface area contributed by atoms with E-state index in [2.05, 4.69) is 54.9 Å². The Morgan fingerprint density at radius 1 is 1.19 bits per heavy atom. The lowest BCUT2D eigenvalue weighted by Crippen LogP contribution is -2.35. The van der Waals surface area contributed by atoms with E-state index in [9.17, 15) is 0 Å². The molecule has 4 rings (SSSR count). The SMILES string of the molecule is CCCc1nnc(N2CCC[C@H](c3nccn3Cc3ccncc3)C2)s1. The lowest BCUT2D eigenvalue weighted by molar-refractivity contribution is 0.475. The Morgan fingerprint density at radius 2 is 2.08 bits per heavy atom. The number of hydrogen-bond acceptors (Lipinski definition) is 6. The highest BCUT2D eigenvalue weighted by atomic mass is 32.1. The fourth-order valence-corrected chi connectivity index (χ4v) is 4.52. The summed E-state index contributed by atoms with van der Waals surface area (Å²) in [6, 6.07) is 4.13. The predicted molar refractivity (Wildman–Crippen MR) is 104 cm³/mol. The molecule has 136 valence electrons. The fourth-order valence-electron chi connectivity index (χ4n) is 3.55. The molecule has 3 aromatic heterocycles. The summed E-state index contributed by atoms with van der Waals surface area (Å²) in [5, 5.41) is 11.0. The van der Waals surface area contributed by atoms with Crippen LogP contribution in [0.2, 0.25) is 0 Å². The summed E-state index contributed by atoms with van der Waals surface area (Å²) < 4.78 is 2.27. The molecule has 1 aliphatic heterocycles. The van der Waals surface area contributed by atoms with Crippen LogP contribution >= 0.6 is 11.3 Å². The largest absolute Gasteiger partial charge is 0.346 e. The number of imidazole rings is 1. The van der Waals surface area contributed by atoms with Gasteiger partial charge in [-0.2, -0.15) is 0 Å². The number of aromatic nitrogens is 5. The van der Waals surface area contributed by atoms with E-state index >= 15 is 0 Å². The van der Waals surface area contributed by atoms with E-state index in [1.165, 1.54) is 17.8 Å². The maximum Gasteiger partial charge on any atom is 0.208 e. The van der Waals surface area contributed by atoms with Crippen LogP contribution in [0, 0.1) is 0 Å². The van der Waals surface area contributed by atoms with E-state index in [-0.39, 0.29) is 0 Å². The van der Waals surface area contributed by atoms with Gasteiger partial charge in [-0.05, 0) is 37.0 Å². The zero-order valence-electron chi connectivity index (χ0n) is 15.1. The standard InChI is InChI=1S/C19H24N6S/c1-2-4-17-22-23-19(26-17)25-11-3-5-16(14-25)18-21-10-12-24(18)13-15-6-8-20-9-7-15/h6-10,12,16H,2-5,11,13-14H2,1H3/t16-/m0/s1. The molecule has 0 aromatic carbocycles. The van der Waals surface area contributed by atoms with Gasteiger partial charge in [-0.25, -0.2) is 4.98 Å². The number of piperidine rings is 1. The van der Waals surface area contributed by atoms with Gasteiger partial charge in [-0.1, -0.05) is 18.3 Å². The van der Waals surface area contributed by atoms with E-state index in [1.54, 1.807) is 11.3 Å². The van der Waals surface area contributed by atoms with E-state index in [1.807, 2.05) is 18.6 Å². The van der Waals surface area contributed by atoms with E-state index < -0.39 is 0 Å². The highest BCUT2D eigenvalue weighted by Crippen LogP contribution is 2.31. The van der Waals surface area contributed by atoms with Crippen LogP contribution in [0.25, 0.3) is 0 Å².